The molecule has 0 heterocycles. The smallest absolute Gasteiger partial charge is 0.244 e. The molecule has 3 N–H and O–H groups in total. The van der Waals surface area contributed by atoms with Gasteiger partial charge in [-0.05, 0) is 48.4 Å². The highest BCUT2D eigenvalue weighted by Crippen LogP contribution is 2.28. The van der Waals surface area contributed by atoms with Crippen LogP contribution >= 0.6 is 0 Å². The summed E-state index contributed by atoms with van der Waals surface area (Å²) >= 11 is 0. The molecule has 0 aliphatic rings. The molecule has 0 bridgehead atoms. The van der Waals surface area contributed by atoms with Gasteiger partial charge in [-0.15, -0.1) is 0 Å². The van der Waals surface area contributed by atoms with Gasteiger partial charge in [0.1, 0.15) is 0 Å². The zero-order valence-corrected chi connectivity index (χ0v) is 16.1. The van der Waals surface area contributed by atoms with Crippen LogP contribution in [0.1, 0.15) is 24.1 Å². The van der Waals surface area contributed by atoms with Crippen LogP contribution < -0.4 is 19.9 Å². The third-order valence-electron chi connectivity index (χ3n) is 3.90. The number of carbonyl (C=O) groups is 1. The second-order valence-electron chi connectivity index (χ2n) is 5.79. The van der Waals surface area contributed by atoms with E-state index in [1.165, 1.54) is 18.2 Å². The van der Waals surface area contributed by atoms with Gasteiger partial charge < -0.3 is 14.8 Å². The van der Waals surface area contributed by atoms with E-state index in [1.807, 2.05) is 0 Å². The highest BCUT2D eigenvalue weighted by molar-refractivity contribution is 7.89. The van der Waals surface area contributed by atoms with Crippen LogP contribution in [0.5, 0.6) is 11.5 Å². The molecule has 0 aliphatic carbocycles. The largest absolute Gasteiger partial charge is 0.493 e. The monoisotopic (exact) mass is 390 g/mol. The van der Waals surface area contributed by atoms with Crippen molar-refractivity contribution in [3.8, 4) is 11.5 Å². The molecule has 0 radical (unpaired) electrons. The van der Waals surface area contributed by atoms with Crippen molar-refractivity contribution in [2.75, 3.05) is 14.2 Å². The highest BCUT2D eigenvalue weighted by Gasteiger charge is 2.11. The fraction of sp³-hybridized carbons (Fsp3) is 0.211. The molecule has 1 amide bonds. The Labute approximate surface area is 158 Å². The van der Waals surface area contributed by atoms with Crippen molar-refractivity contribution in [3.05, 3.63) is 59.7 Å². The summed E-state index contributed by atoms with van der Waals surface area (Å²) < 4.78 is 33.0. The van der Waals surface area contributed by atoms with Crippen molar-refractivity contribution in [1.82, 2.24) is 5.32 Å². The number of ether oxygens (including phenoxy) is 2. The molecule has 1 unspecified atom stereocenters. The highest BCUT2D eigenvalue weighted by atomic mass is 32.2. The number of carbonyl (C=O) groups excluding carboxylic acids is 1. The second-order valence-corrected chi connectivity index (χ2v) is 7.35. The average Bonchev–Trinajstić information content (AvgIpc) is 2.65. The predicted octanol–water partition coefficient (Wildman–Crippen LogP) is 2.24. The molecule has 2 aromatic carbocycles. The number of amides is 1. The van der Waals surface area contributed by atoms with E-state index in [2.05, 4.69) is 5.32 Å². The SMILES string of the molecule is COc1ccc(/C=C/C(=O)NC(C)c2ccc(S(N)(=O)=O)cc2)cc1OC. The van der Waals surface area contributed by atoms with E-state index < -0.39 is 10.0 Å². The normalized spacial score (nSPS) is 12.6. The van der Waals surface area contributed by atoms with Gasteiger partial charge in [0.25, 0.3) is 0 Å². The summed E-state index contributed by atoms with van der Waals surface area (Å²) in [6.07, 6.45) is 3.07. The van der Waals surface area contributed by atoms with Gasteiger partial charge in [0.05, 0.1) is 25.2 Å². The summed E-state index contributed by atoms with van der Waals surface area (Å²) in [7, 11) is -0.640. The van der Waals surface area contributed by atoms with Gasteiger partial charge in [0, 0.05) is 6.08 Å². The van der Waals surface area contributed by atoms with Crippen LogP contribution in [-0.2, 0) is 14.8 Å². The Bertz CT molecular complexity index is 937. The summed E-state index contributed by atoms with van der Waals surface area (Å²) in [5.74, 6) is 0.895. The van der Waals surface area contributed by atoms with E-state index in [1.54, 1.807) is 57.6 Å². The van der Waals surface area contributed by atoms with Crippen LogP contribution in [0.3, 0.4) is 0 Å². The molecule has 2 aromatic rings. The Balaban J connectivity index is 2.03. The number of rotatable bonds is 7. The Morgan fingerprint density at radius 1 is 1.07 bits per heavy atom. The first-order valence-corrected chi connectivity index (χ1v) is 9.62. The van der Waals surface area contributed by atoms with Gasteiger partial charge in [0.2, 0.25) is 15.9 Å². The summed E-state index contributed by atoms with van der Waals surface area (Å²) in [5.41, 5.74) is 1.54. The average molecular weight is 390 g/mol. The van der Waals surface area contributed by atoms with Gasteiger partial charge in [0.15, 0.2) is 11.5 Å². The van der Waals surface area contributed by atoms with Crippen LogP contribution in [0, 0.1) is 0 Å². The third-order valence-corrected chi connectivity index (χ3v) is 4.83. The molecule has 0 saturated heterocycles. The van der Waals surface area contributed by atoms with E-state index in [4.69, 9.17) is 14.6 Å². The maximum absolute atomic E-state index is 12.1. The lowest BCUT2D eigenvalue weighted by Crippen LogP contribution is -2.24. The Morgan fingerprint density at radius 3 is 2.26 bits per heavy atom. The molecular weight excluding hydrogens is 368 g/mol. The van der Waals surface area contributed by atoms with Crippen LogP contribution in [0.25, 0.3) is 6.08 Å². The minimum atomic E-state index is -3.74. The van der Waals surface area contributed by atoms with Crippen molar-refractivity contribution >= 4 is 22.0 Å². The van der Waals surface area contributed by atoms with E-state index in [0.29, 0.717) is 11.5 Å². The second kappa shape index (κ2) is 8.70. The molecule has 7 nitrogen and oxygen atoms in total. The summed E-state index contributed by atoms with van der Waals surface area (Å²) in [6, 6.07) is 11.1. The molecule has 0 spiro atoms. The number of hydrogen-bond acceptors (Lipinski definition) is 5. The van der Waals surface area contributed by atoms with Crippen LogP contribution in [0.4, 0.5) is 0 Å². The van der Waals surface area contributed by atoms with Gasteiger partial charge >= 0.3 is 0 Å². The number of methoxy groups -OCH3 is 2. The summed E-state index contributed by atoms with van der Waals surface area (Å²) in [4.78, 5) is 12.2. The Kier molecular flexibility index (Phi) is 6.59. The fourth-order valence-corrected chi connectivity index (χ4v) is 2.93. The number of benzene rings is 2. The number of hydrogen-bond donors (Lipinski definition) is 2. The van der Waals surface area contributed by atoms with E-state index in [0.717, 1.165) is 11.1 Å². The molecule has 144 valence electrons. The topological polar surface area (TPSA) is 108 Å². The van der Waals surface area contributed by atoms with Gasteiger partial charge in [-0.2, -0.15) is 0 Å². The van der Waals surface area contributed by atoms with Crippen molar-refractivity contribution < 1.29 is 22.7 Å². The number of primary sulfonamides is 1. The van der Waals surface area contributed by atoms with Crippen molar-refractivity contribution in [1.29, 1.82) is 0 Å². The van der Waals surface area contributed by atoms with Crippen LogP contribution in [0.15, 0.2) is 53.4 Å². The third kappa shape index (κ3) is 5.57. The first kappa shape index (κ1) is 20.5. The maximum Gasteiger partial charge on any atom is 0.244 e. The molecular formula is C19H22N2O5S. The molecule has 0 aromatic heterocycles. The zero-order valence-electron chi connectivity index (χ0n) is 15.3. The Hall–Kier alpha value is -2.84. The van der Waals surface area contributed by atoms with E-state index >= 15 is 0 Å². The van der Waals surface area contributed by atoms with E-state index in [9.17, 15) is 13.2 Å². The van der Waals surface area contributed by atoms with Crippen molar-refractivity contribution in [3.63, 3.8) is 0 Å². The number of sulfonamides is 1. The summed E-state index contributed by atoms with van der Waals surface area (Å²) in [6.45, 7) is 1.80. The van der Waals surface area contributed by atoms with Gasteiger partial charge in [-0.3, -0.25) is 4.79 Å². The standard InChI is InChI=1S/C19H22N2O5S/c1-13(15-6-8-16(9-7-15)27(20,23)24)21-19(22)11-5-14-4-10-17(25-2)18(12-14)26-3/h4-13H,1-3H3,(H,21,22)(H2,20,23,24)/b11-5+. The number of nitrogens with one attached hydrogen (secondary N) is 1. The molecule has 0 fully saturated rings. The quantitative estimate of drug-likeness (QED) is 0.705. The molecule has 0 aliphatic heterocycles. The first-order valence-electron chi connectivity index (χ1n) is 8.08. The molecule has 2 rings (SSSR count). The van der Waals surface area contributed by atoms with Gasteiger partial charge in [-0.25, -0.2) is 13.6 Å². The molecule has 8 heteroatoms. The zero-order chi connectivity index (χ0) is 20.0. The minimum Gasteiger partial charge on any atom is -0.493 e. The number of nitrogens with two attached hydrogens (primary N) is 1. The lowest BCUT2D eigenvalue weighted by molar-refractivity contribution is -0.117. The molecule has 1 atom stereocenters. The van der Waals surface area contributed by atoms with Gasteiger partial charge in [-0.1, -0.05) is 18.2 Å². The molecule has 27 heavy (non-hydrogen) atoms. The first-order chi connectivity index (χ1) is 12.7. The lowest BCUT2D eigenvalue weighted by atomic mass is 10.1. The van der Waals surface area contributed by atoms with E-state index in [-0.39, 0.29) is 16.8 Å². The van der Waals surface area contributed by atoms with Crippen molar-refractivity contribution in [2.45, 2.75) is 17.9 Å². The lowest BCUT2D eigenvalue weighted by Gasteiger charge is -2.13. The summed E-state index contributed by atoms with van der Waals surface area (Å²) in [5, 5.41) is 7.89. The molecule has 0 saturated carbocycles. The minimum absolute atomic E-state index is 0.0260. The van der Waals surface area contributed by atoms with Crippen LogP contribution in [0.2, 0.25) is 0 Å². The Morgan fingerprint density at radius 2 is 1.70 bits per heavy atom. The van der Waals surface area contributed by atoms with Crippen LogP contribution in [-0.4, -0.2) is 28.5 Å². The predicted molar refractivity (Wildman–Crippen MR) is 103 cm³/mol. The van der Waals surface area contributed by atoms with Crippen molar-refractivity contribution in [2.24, 2.45) is 5.14 Å². The fourth-order valence-electron chi connectivity index (χ4n) is 2.42. The maximum atomic E-state index is 12.1.